The molecule has 0 bridgehead atoms. The number of hydrogen-bond acceptors (Lipinski definition) is 9. The summed E-state index contributed by atoms with van der Waals surface area (Å²) < 4.78 is 17.2. The molecule has 2 aliphatic heterocycles. The molecule has 11 nitrogen and oxygen atoms in total. The predicted octanol–water partition coefficient (Wildman–Crippen LogP) is 2.08. The van der Waals surface area contributed by atoms with Crippen molar-refractivity contribution in [2.24, 2.45) is 15.9 Å². The fraction of sp³-hybridized carbons (Fsp3) is 0.273. The molecule has 2 aromatic rings. The number of hydrogen-bond donors (Lipinski definition) is 1. The SMILES string of the molecule is COc1ccc(NC(=O)CSC2=NC(c3ccco3)=NC3=[N+](C)C(=O)N(C)C(=O)C23)c(OC)c1. The van der Waals surface area contributed by atoms with Crippen molar-refractivity contribution in [3.8, 4) is 11.5 Å². The van der Waals surface area contributed by atoms with Crippen molar-refractivity contribution in [3.05, 3.63) is 42.4 Å². The molecule has 0 saturated carbocycles. The quantitative estimate of drug-likeness (QED) is 0.622. The van der Waals surface area contributed by atoms with Crippen LogP contribution >= 0.6 is 11.8 Å². The molecule has 12 heteroatoms. The number of carbonyl (C=O) groups excluding carboxylic acids is 3. The molecule has 4 amide bonds. The number of imide groups is 1. The van der Waals surface area contributed by atoms with Crippen LogP contribution in [0.1, 0.15) is 5.76 Å². The zero-order chi connectivity index (χ0) is 24.4. The Balaban J connectivity index is 1.59. The largest absolute Gasteiger partial charge is 0.497 e. The van der Waals surface area contributed by atoms with Crippen LogP contribution < -0.4 is 14.8 Å². The molecule has 0 radical (unpaired) electrons. The van der Waals surface area contributed by atoms with Crippen molar-refractivity contribution >= 4 is 52.0 Å². The zero-order valence-electron chi connectivity index (χ0n) is 18.9. The monoisotopic (exact) mass is 484 g/mol. The van der Waals surface area contributed by atoms with E-state index in [9.17, 15) is 14.4 Å². The van der Waals surface area contributed by atoms with E-state index in [2.05, 4.69) is 15.3 Å². The molecule has 0 spiro atoms. The lowest BCUT2D eigenvalue weighted by Crippen LogP contribution is -2.54. The average Bonchev–Trinajstić information content (AvgIpc) is 3.39. The third-order valence-electron chi connectivity index (χ3n) is 5.21. The molecule has 1 aromatic carbocycles. The Hall–Kier alpha value is -3.93. The first-order valence-electron chi connectivity index (χ1n) is 10.1. The molecule has 1 N–H and O–H groups in total. The van der Waals surface area contributed by atoms with Gasteiger partial charge in [0.15, 0.2) is 11.7 Å². The first-order chi connectivity index (χ1) is 16.3. The van der Waals surface area contributed by atoms with Gasteiger partial charge in [0.2, 0.25) is 5.91 Å². The van der Waals surface area contributed by atoms with E-state index in [0.29, 0.717) is 28.0 Å². The first kappa shape index (κ1) is 23.2. The van der Waals surface area contributed by atoms with Crippen LogP contribution in [-0.4, -0.2) is 78.1 Å². The second-order valence-corrected chi connectivity index (χ2v) is 8.29. The number of carbonyl (C=O) groups is 3. The van der Waals surface area contributed by atoms with Gasteiger partial charge < -0.3 is 19.2 Å². The Morgan fingerprint density at radius 3 is 2.71 bits per heavy atom. The molecule has 4 rings (SSSR count). The van der Waals surface area contributed by atoms with Gasteiger partial charge in [0.05, 0.1) is 46.0 Å². The van der Waals surface area contributed by atoms with E-state index in [4.69, 9.17) is 13.9 Å². The molecule has 0 fully saturated rings. The van der Waals surface area contributed by atoms with Crippen molar-refractivity contribution in [3.63, 3.8) is 0 Å². The number of fused-ring (bicyclic) bond motifs is 1. The molecule has 3 heterocycles. The third kappa shape index (κ3) is 4.31. The minimum absolute atomic E-state index is 0.0438. The number of thioether (sulfide) groups is 1. The number of ether oxygens (including phenoxy) is 2. The van der Waals surface area contributed by atoms with Crippen molar-refractivity contribution in [2.45, 2.75) is 0 Å². The number of benzene rings is 1. The zero-order valence-corrected chi connectivity index (χ0v) is 19.7. The Morgan fingerprint density at radius 1 is 1.24 bits per heavy atom. The standard InChI is InChI=1S/C22H21N5O6S/c1-26-19-17(21(29)27(2)22(26)30)20(25-18(24-19)14-6-5-9-33-14)34-11-16(28)23-13-8-7-12(31-3)10-15(13)32-4/h5-10,17H,11H2,1-4H3/p+1. The minimum atomic E-state index is -0.903. The van der Waals surface area contributed by atoms with Gasteiger partial charge in [-0.15, -0.1) is 0 Å². The Morgan fingerprint density at radius 2 is 2.03 bits per heavy atom. The Bertz CT molecular complexity index is 1250. The van der Waals surface area contributed by atoms with Crippen LogP contribution in [0.5, 0.6) is 11.5 Å². The first-order valence-corrected chi connectivity index (χ1v) is 11.1. The summed E-state index contributed by atoms with van der Waals surface area (Å²) in [5.41, 5.74) is 0.475. The molecular weight excluding hydrogens is 462 g/mol. The highest BCUT2D eigenvalue weighted by molar-refractivity contribution is 8.14. The Kier molecular flexibility index (Phi) is 6.50. The molecule has 176 valence electrons. The second-order valence-electron chi connectivity index (χ2n) is 7.30. The van der Waals surface area contributed by atoms with Crippen molar-refractivity contribution < 1.29 is 32.9 Å². The lowest BCUT2D eigenvalue weighted by atomic mass is 10.0. The summed E-state index contributed by atoms with van der Waals surface area (Å²) in [6.45, 7) is 0. The molecule has 1 unspecified atom stereocenters. The van der Waals surface area contributed by atoms with E-state index in [-0.39, 0.29) is 23.3 Å². The average molecular weight is 485 g/mol. The predicted molar refractivity (Wildman–Crippen MR) is 126 cm³/mol. The van der Waals surface area contributed by atoms with Crippen LogP contribution in [0, 0.1) is 5.92 Å². The number of nitrogens with zero attached hydrogens (tertiary/aromatic N) is 4. The summed E-state index contributed by atoms with van der Waals surface area (Å²) in [6.07, 6.45) is 1.47. The number of nitrogens with one attached hydrogen (secondary N) is 1. The molecule has 0 saturated heterocycles. The highest BCUT2D eigenvalue weighted by Gasteiger charge is 2.49. The smallest absolute Gasteiger partial charge is 0.445 e. The van der Waals surface area contributed by atoms with Gasteiger partial charge in [-0.2, -0.15) is 9.48 Å². The number of furan rings is 1. The molecule has 34 heavy (non-hydrogen) atoms. The summed E-state index contributed by atoms with van der Waals surface area (Å²) in [7, 11) is 5.96. The molecule has 0 aliphatic carbocycles. The van der Waals surface area contributed by atoms with Gasteiger partial charge in [0.25, 0.3) is 11.7 Å². The highest BCUT2D eigenvalue weighted by Crippen LogP contribution is 2.30. The van der Waals surface area contributed by atoms with E-state index in [1.54, 1.807) is 30.3 Å². The van der Waals surface area contributed by atoms with Crippen LogP contribution in [0.3, 0.4) is 0 Å². The van der Waals surface area contributed by atoms with Gasteiger partial charge in [-0.3, -0.25) is 9.59 Å². The van der Waals surface area contributed by atoms with Crippen molar-refractivity contribution in [2.75, 3.05) is 39.4 Å². The lowest BCUT2D eigenvalue weighted by molar-refractivity contribution is -0.407. The number of rotatable bonds is 6. The van der Waals surface area contributed by atoms with Crippen LogP contribution in [0.15, 0.2) is 51.0 Å². The molecular formula is C22H22N5O6S+. The van der Waals surface area contributed by atoms with E-state index < -0.39 is 17.9 Å². The van der Waals surface area contributed by atoms with Gasteiger partial charge in [0.1, 0.15) is 16.5 Å². The number of aliphatic imine (C=N–C) groups is 2. The van der Waals surface area contributed by atoms with Crippen LogP contribution in [0.4, 0.5) is 10.5 Å². The maximum Gasteiger partial charge on any atom is 0.445 e. The van der Waals surface area contributed by atoms with E-state index in [1.165, 1.54) is 39.2 Å². The lowest BCUT2D eigenvalue weighted by Gasteiger charge is -2.26. The normalized spacial score (nSPS) is 17.8. The number of methoxy groups -OCH3 is 2. The van der Waals surface area contributed by atoms with Gasteiger partial charge >= 0.3 is 11.9 Å². The number of anilines is 1. The number of amidine groups is 2. The van der Waals surface area contributed by atoms with E-state index >= 15 is 0 Å². The van der Waals surface area contributed by atoms with Crippen LogP contribution in [0.2, 0.25) is 0 Å². The summed E-state index contributed by atoms with van der Waals surface area (Å²) in [5.74, 6) is 0.111. The van der Waals surface area contributed by atoms with E-state index in [1.807, 2.05) is 0 Å². The minimum Gasteiger partial charge on any atom is -0.497 e. The maximum absolute atomic E-state index is 12.9. The van der Waals surface area contributed by atoms with Crippen molar-refractivity contribution in [1.29, 1.82) is 0 Å². The van der Waals surface area contributed by atoms with Gasteiger partial charge in [-0.25, -0.2) is 9.79 Å². The number of amides is 4. The maximum atomic E-state index is 12.9. The summed E-state index contributed by atoms with van der Waals surface area (Å²) >= 11 is 1.09. The number of urea groups is 1. The van der Waals surface area contributed by atoms with Crippen LogP contribution in [0.25, 0.3) is 0 Å². The summed E-state index contributed by atoms with van der Waals surface area (Å²) in [4.78, 5) is 48.0. The summed E-state index contributed by atoms with van der Waals surface area (Å²) in [5, 5.41) is 3.13. The molecule has 1 atom stereocenters. The molecule has 2 aliphatic rings. The topological polar surface area (TPSA) is 126 Å². The summed E-state index contributed by atoms with van der Waals surface area (Å²) in [6, 6.07) is 7.88. The fourth-order valence-corrected chi connectivity index (χ4v) is 4.31. The van der Waals surface area contributed by atoms with Crippen LogP contribution in [-0.2, 0) is 9.59 Å². The Labute approximate surface area is 199 Å². The third-order valence-corrected chi connectivity index (χ3v) is 6.24. The van der Waals surface area contributed by atoms with Gasteiger partial charge in [0, 0.05) is 6.07 Å². The fourth-order valence-electron chi connectivity index (χ4n) is 3.43. The highest BCUT2D eigenvalue weighted by atomic mass is 32.2. The van der Waals surface area contributed by atoms with Gasteiger partial charge in [-0.1, -0.05) is 16.8 Å². The molecule has 1 aromatic heterocycles. The second kappa shape index (κ2) is 9.51. The van der Waals surface area contributed by atoms with Crippen molar-refractivity contribution in [1.82, 2.24) is 4.90 Å². The van der Waals surface area contributed by atoms with E-state index in [0.717, 1.165) is 16.7 Å². The van der Waals surface area contributed by atoms with Gasteiger partial charge in [-0.05, 0) is 24.3 Å².